The number of nitrogens with one attached hydrogen (secondary N) is 1. The quantitative estimate of drug-likeness (QED) is 0.531. The Hall–Kier alpha value is -3.68. The summed E-state index contributed by atoms with van der Waals surface area (Å²) < 4.78 is 2.21. The molecule has 0 amide bonds. The minimum absolute atomic E-state index is 0.230. The van der Waals surface area contributed by atoms with Gasteiger partial charge in [-0.3, -0.25) is 4.57 Å². The van der Waals surface area contributed by atoms with E-state index in [9.17, 15) is 0 Å². The van der Waals surface area contributed by atoms with Crippen LogP contribution in [-0.4, -0.2) is 50.7 Å². The van der Waals surface area contributed by atoms with Crippen LogP contribution in [0.4, 0.5) is 23.3 Å². The number of fused-ring (bicyclic) bond motifs is 1. The average Bonchev–Trinajstić information content (AvgIpc) is 3.21. The Bertz CT molecular complexity index is 1150. The molecular formula is C23H26N8. The molecule has 1 N–H and O–H groups in total. The summed E-state index contributed by atoms with van der Waals surface area (Å²) in [6.45, 7) is 7.89. The topological polar surface area (TPSA) is 75.0 Å². The molecule has 1 aliphatic heterocycles. The Morgan fingerprint density at radius 3 is 2.29 bits per heavy atom. The van der Waals surface area contributed by atoms with Gasteiger partial charge in [-0.1, -0.05) is 24.3 Å². The van der Waals surface area contributed by atoms with E-state index in [0.29, 0.717) is 0 Å². The van der Waals surface area contributed by atoms with Crippen LogP contribution in [0.5, 0.6) is 0 Å². The molecule has 5 rings (SSSR count). The summed E-state index contributed by atoms with van der Waals surface area (Å²) in [5.74, 6) is 2.70. The van der Waals surface area contributed by atoms with Gasteiger partial charge in [0.15, 0.2) is 17.0 Å². The smallest absolute Gasteiger partial charge is 0.208 e. The molecule has 0 atom stereocenters. The fraction of sp³-hybridized carbons (Fsp3) is 0.304. The minimum atomic E-state index is 0.230. The number of hydrogen-bond donors (Lipinski definition) is 1. The maximum atomic E-state index is 5.02. The molecule has 1 fully saturated rings. The summed E-state index contributed by atoms with van der Waals surface area (Å²) in [4.78, 5) is 23.2. The van der Waals surface area contributed by atoms with Crippen molar-refractivity contribution in [3.05, 3.63) is 61.1 Å². The molecule has 0 aliphatic carbocycles. The lowest BCUT2D eigenvalue weighted by atomic mass is 10.3. The molecule has 8 nitrogen and oxygen atoms in total. The number of pyridine rings is 1. The van der Waals surface area contributed by atoms with Crippen molar-refractivity contribution in [2.24, 2.45) is 0 Å². The third-order valence-electron chi connectivity index (χ3n) is 5.55. The number of imidazole rings is 1. The van der Waals surface area contributed by atoms with E-state index in [1.54, 1.807) is 6.33 Å². The number of para-hydroxylation sites is 1. The summed E-state index contributed by atoms with van der Waals surface area (Å²) in [5.41, 5.74) is 2.62. The zero-order valence-electron chi connectivity index (χ0n) is 17.8. The number of nitrogens with zero attached hydrogens (tertiary/aromatic N) is 7. The van der Waals surface area contributed by atoms with E-state index in [-0.39, 0.29) is 6.04 Å². The van der Waals surface area contributed by atoms with Gasteiger partial charge in [-0.15, -0.1) is 0 Å². The van der Waals surface area contributed by atoms with Crippen LogP contribution in [0, 0.1) is 0 Å². The van der Waals surface area contributed by atoms with Crippen molar-refractivity contribution in [1.82, 2.24) is 24.5 Å². The summed E-state index contributed by atoms with van der Waals surface area (Å²) >= 11 is 0. The van der Waals surface area contributed by atoms with E-state index >= 15 is 0 Å². The number of piperazine rings is 1. The monoisotopic (exact) mass is 414 g/mol. The zero-order chi connectivity index (χ0) is 21.2. The number of rotatable bonds is 5. The van der Waals surface area contributed by atoms with E-state index in [1.807, 2.05) is 48.7 Å². The van der Waals surface area contributed by atoms with Crippen LogP contribution in [0.2, 0.25) is 0 Å². The molecule has 1 aromatic carbocycles. The van der Waals surface area contributed by atoms with Crippen LogP contribution in [-0.2, 0) is 0 Å². The summed E-state index contributed by atoms with van der Waals surface area (Å²) in [6, 6.07) is 16.3. The maximum Gasteiger partial charge on any atom is 0.208 e. The molecule has 0 bridgehead atoms. The van der Waals surface area contributed by atoms with Gasteiger partial charge in [0.2, 0.25) is 5.95 Å². The fourth-order valence-corrected chi connectivity index (χ4v) is 4.02. The summed E-state index contributed by atoms with van der Waals surface area (Å²) in [6.07, 6.45) is 3.46. The first kappa shape index (κ1) is 19.3. The Kier molecular flexibility index (Phi) is 5.11. The van der Waals surface area contributed by atoms with E-state index in [2.05, 4.69) is 54.5 Å². The minimum Gasteiger partial charge on any atom is -0.353 e. The Labute approximate surface area is 181 Å². The highest BCUT2D eigenvalue weighted by molar-refractivity contribution is 5.87. The lowest BCUT2D eigenvalue weighted by Gasteiger charge is -2.36. The molecule has 8 heteroatoms. The van der Waals surface area contributed by atoms with Crippen molar-refractivity contribution >= 4 is 34.4 Å². The van der Waals surface area contributed by atoms with Gasteiger partial charge < -0.3 is 15.1 Å². The van der Waals surface area contributed by atoms with Gasteiger partial charge in [0.25, 0.3) is 0 Å². The standard InChI is InChI=1S/C23H26N8/c1-17(2)31-22-20(21(25-16-26-22)27-18-8-4-3-5-9-18)28-23(31)30-14-12-29(13-15-30)19-10-6-7-11-24-19/h3-11,16-17H,12-15H2,1-2H3,(H,25,26,27). The second-order valence-corrected chi connectivity index (χ2v) is 7.92. The SMILES string of the molecule is CC(C)n1c(N2CCN(c3ccccn3)CC2)nc2c(Nc3ccccc3)ncnc21. The molecule has 4 heterocycles. The van der Waals surface area contributed by atoms with E-state index in [0.717, 1.165) is 60.6 Å². The average molecular weight is 415 g/mol. The van der Waals surface area contributed by atoms with Crippen molar-refractivity contribution in [1.29, 1.82) is 0 Å². The van der Waals surface area contributed by atoms with Crippen molar-refractivity contribution in [3.63, 3.8) is 0 Å². The molecule has 4 aromatic rings. The first-order valence-electron chi connectivity index (χ1n) is 10.7. The first-order valence-corrected chi connectivity index (χ1v) is 10.7. The second kappa shape index (κ2) is 8.22. The predicted molar refractivity (Wildman–Crippen MR) is 124 cm³/mol. The number of hydrogen-bond acceptors (Lipinski definition) is 7. The predicted octanol–water partition coefficient (Wildman–Crippen LogP) is 3.87. The van der Waals surface area contributed by atoms with Crippen LogP contribution in [0.15, 0.2) is 61.1 Å². The van der Waals surface area contributed by atoms with Gasteiger partial charge >= 0.3 is 0 Å². The van der Waals surface area contributed by atoms with Crippen molar-refractivity contribution in [3.8, 4) is 0 Å². The Balaban J connectivity index is 1.46. The van der Waals surface area contributed by atoms with E-state index < -0.39 is 0 Å². The van der Waals surface area contributed by atoms with Gasteiger partial charge in [-0.2, -0.15) is 0 Å². The molecule has 0 saturated carbocycles. The van der Waals surface area contributed by atoms with Crippen LogP contribution < -0.4 is 15.1 Å². The number of anilines is 4. The first-order chi connectivity index (χ1) is 15.2. The molecule has 1 aliphatic rings. The van der Waals surface area contributed by atoms with Crippen LogP contribution in [0.3, 0.4) is 0 Å². The fourth-order valence-electron chi connectivity index (χ4n) is 4.02. The highest BCUT2D eigenvalue weighted by Crippen LogP contribution is 2.30. The largest absolute Gasteiger partial charge is 0.353 e. The molecule has 1 saturated heterocycles. The molecule has 0 unspecified atom stereocenters. The van der Waals surface area contributed by atoms with E-state index in [4.69, 9.17) is 4.98 Å². The summed E-state index contributed by atoms with van der Waals surface area (Å²) in [7, 11) is 0. The highest BCUT2D eigenvalue weighted by Gasteiger charge is 2.25. The van der Waals surface area contributed by atoms with Crippen molar-refractivity contribution < 1.29 is 0 Å². The van der Waals surface area contributed by atoms with E-state index in [1.165, 1.54) is 0 Å². The van der Waals surface area contributed by atoms with Gasteiger partial charge in [-0.25, -0.2) is 19.9 Å². The van der Waals surface area contributed by atoms with Gasteiger partial charge in [0.1, 0.15) is 12.1 Å². The molecule has 31 heavy (non-hydrogen) atoms. The molecule has 0 radical (unpaired) electrons. The molecular weight excluding hydrogens is 388 g/mol. The van der Waals surface area contributed by atoms with Crippen molar-refractivity contribution in [2.45, 2.75) is 19.9 Å². The lowest BCUT2D eigenvalue weighted by Crippen LogP contribution is -2.47. The highest BCUT2D eigenvalue weighted by atomic mass is 15.4. The van der Waals surface area contributed by atoms with Crippen LogP contribution in [0.25, 0.3) is 11.2 Å². The normalized spacial score (nSPS) is 14.4. The van der Waals surface area contributed by atoms with Gasteiger partial charge in [0, 0.05) is 44.1 Å². The summed E-state index contributed by atoms with van der Waals surface area (Å²) in [5, 5.41) is 3.40. The number of benzene rings is 1. The zero-order valence-corrected chi connectivity index (χ0v) is 17.8. The Morgan fingerprint density at radius 2 is 1.58 bits per heavy atom. The molecule has 158 valence electrons. The van der Waals surface area contributed by atoms with Crippen molar-refractivity contribution in [2.75, 3.05) is 41.3 Å². The van der Waals surface area contributed by atoms with Gasteiger partial charge in [-0.05, 0) is 38.1 Å². The third-order valence-corrected chi connectivity index (χ3v) is 5.55. The lowest BCUT2D eigenvalue weighted by molar-refractivity contribution is 0.572. The number of aromatic nitrogens is 5. The third kappa shape index (κ3) is 3.76. The second-order valence-electron chi connectivity index (χ2n) is 7.92. The molecule has 3 aromatic heterocycles. The Morgan fingerprint density at radius 1 is 0.839 bits per heavy atom. The molecule has 0 spiro atoms. The maximum absolute atomic E-state index is 5.02. The van der Waals surface area contributed by atoms with Crippen LogP contribution >= 0.6 is 0 Å². The van der Waals surface area contributed by atoms with Gasteiger partial charge in [0.05, 0.1) is 0 Å². The van der Waals surface area contributed by atoms with Crippen LogP contribution in [0.1, 0.15) is 19.9 Å².